The van der Waals surface area contributed by atoms with Gasteiger partial charge in [0.1, 0.15) is 0 Å². The Balaban J connectivity index is 0.000000531. The third kappa shape index (κ3) is 4.42. The fraction of sp³-hybridized carbons (Fsp3) is 0. The Morgan fingerprint density at radius 3 is 1.07 bits per heavy atom. The Morgan fingerprint density at radius 1 is 0.571 bits per heavy atom. The molecule has 5 heterocycles. The van der Waals surface area contributed by atoms with Crippen LogP contribution < -0.4 is 0 Å². The summed E-state index contributed by atoms with van der Waals surface area (Å²) in [6.07, 6.45) is 8.34. The molecule has 5 rings (SSSR count). The number of hydrogen-bond donors (Lipinski definition) is 2. The van der Waals surface area contributed by atoms with Gasteiger partial charge in [-0.15, -0.1) is 0 Å². The molecule has 8 bridgehead atoms. The van der Waals surface area contributed by atoms with Crippen LogP contribution in [0.3, 0.4) is 0 Å². The predicted octanol–water partition coefficient (Wildman–Crippen LogP) is 4.07. The number of carbonyl (C=O) groups excluding carboxylic acids is 2. The minimum Gasteiger partial charge on any atom is -0.355 e. The minimum absolute atomic E-state index is 0. The Kier molecular flexibility index (Phi) is 5.81. The summed E-state index contributed by atoms with van der Waals surface area (Å²) in [6.45, 7) is 0. The van der Waals surface area contributed by atoms with Crippen LogP contribution in [0.5, 0.6) is 0 Å². The molecule has 0 unspecified atom stereocenters. The molecule has 7 heteroatoms. The summed E-state index contributed by atoms with van der Waals surface area (Å²) >= 11 is 0. The number of aromatic amines is 2. The van der Waals surface area contributed by atoms with Gasteiger partial charge >= 0.3 is 6.15 Å². The van der Waals surface area contributed by atoms with E-state index in [1.165, 1.54) is 0 Å². The number of fused-ring (bicyclic) bond motifs is 8. The number of hydrogen-bond acceptors (Lipinski definition) is 4. The average Bonchev–Trinajstić information content (AvgIpc) is 3.41. The summed E-state index contributed by atoms with van der Waals surface area (Å²) in [7, 11) is 0. The van der Waals surface area contributed by atoms with Gasteiger partial charge < -0.3 is 9.97 Å². The fourth-order valence-electron chi connectivity index (χ4n) is 2.94. The van der Waals surface area contributed by atoms with E-state index in [9.17, 15) is 0 Å². The average molecular weight is 413 g/mol. The van der Waals surface area contributed by atoms with E-state index >= 15 is 0 Å². The van der Waals surface area contributed by atoms with E-state index in [4.69, 9.17) is 9.59 Å². The molecule has 0 atom stereocenters. The standard InChI is InChI=1S/C20H14N4.CO2.Co/c1-2-14-10-16-5-6-18(23-16)12-20-8-7-19(24-20)11-17-4-3-15(22-17)9-13(1)21-14;2-1-3;/h1-12,21,24H;;. The zero-order valence-corrected chi connectivity index (χ0v) is 15.5. The molecule has 6 nitrogen and oxygen atoms in total. The quantitative estimate of drug-likeness (QED) is 0.400. The zero-order valence-electron chi connectivity index (χ0n) is 14.5. The molecule has 28 heavy (non-hydrogen) atoms. The Hall–Kier alpha value is -3.51. The largest absolute Gasteiger partial charge is 0.373 e. The van der Waals surface area contributed by atoms with Crippen LogP contribution in [0.1, 0.15) is 22.8 Å². The van der Waals surface area contributed by atoms with Crippen molar-refractivity contribution >= 4 is 52.5 Å². The van der Waals surface area contributed by atoms with Crippen LogP contribution >= 0.6 is 0 Å². The first-order chi connectivity index (χ1) is 13.2. The maximum atomic E-state index is 8.12. The van der Waals surface area contributed by atoms with Gasteiger partial charge in [-0.1, -0.05) is 0 Å². The first-order valence-electron chi connectivity index (χ1n) is 8.25. The second-order valence-corrected chi connectivity index (χ2v) is 5.99. The Morgan fingerprint density at radius 2 is 0.821 bits per heavy atom. The number of nitrogens with zero attached hydrogens (tertiary/aromatic N) is 2. The minimum atomic E-state index is 0. The Labute approximate surface area is 170 Å². The maximum Gasteiger partial charge on any atom is 0.373 e. The van der Waals surface area contributed by atoms with E-state index in [-0.39, 0.29) is 22.9 Å². The van der Waals surface area contributed by atoms with Crippen molar-refractivity contribution in [1.82, 2.24) is 19.9 Å². The second-order valence-electron chi connectivity index (χ2n) is 5.99. The van der Waals surface area contributed by atoms with E-state index in [1.54, 1.807) is 0 Å². The van der Waals surface area contributed by atoms with Crippen LogP contribution in [0.2, 0.25) is 0 Å². The molecule has 2 N–H and O–H groups in total. The summed E-state index contributed by atoms with van der Waals surface area (Å²) in [5.41, 5.74) is 7.86. The van der Waals surface area contributed by atoms with Gasteiger partial charge in [-0.05, 0) is 72.8 Å². The third-order valence-corrected chi connectivity index (χ3v) is 4.04. The topological polar surface area (TPSA) is 91.5 Å². The zero-order chi connectivity index (χ0) is 18.6. The molecule has 2 aliphatic rings. The van der Waals surface area contributed by atoms with Crippen molar-refractivity contribution in [2.75, 3.05) is 0 Å². The maximum absolute atomic E-state index is 8.12. The van der Waals surface area contributed by atoms with Crippen molar-refractivity contribution in [2.24, 2.45) is 0 Å². The van der Waals surface area contributed by atoms with Crippen LogP contribution in [0.25, 0.3) is 46.4 Å². The molecule has 1 radical (unpaired) electrons. The van der Waals surface area contributed by atoms with Crippen molar-refractivity contribution < 1.29 is 26.4 Å². The van der Waals surface area contributed by atoms with Gasteiger partial charge in [0.05, 0.1) is 22.8 Å². The van der Waals surface area contributed by atoms with E-state index in [1.807, 2.05) is 48.6 Å². The molecular formula is C21H14CoN4O2. The molecule has 0 spiro atoms. The predicted molar refractivity (Wildman–Crippen MR) is 104 cm³/mol. The summed E-state index contributed by atoms with van der Waals surface area (Å²) in [6, 6.07) is 16.4. The van der Waals surface area contributed by atoms with Crippen LogP contribution in [0.15, 0.2) is 48.5 Å². The summed E-state index contributed by atoms with van der Waals surface area (Å²) in [4.78, 5) is 32.3. The van der Waals surface area contributed by atoms with Gasteiger partial charge in [-0.25, -0.2) is 9.97 Å². The molecule has 0 aliphatic carbocycles. The molecule has 0 amide bonds. The van der Waals surface area contributed by atoms with E-state index < -0.39 is 0 Å². The molecule has 139 valence electrons. The number of H-pyrrole nitrogens is 2. The first kappa shape index (κ1) is 19.3. The fourth-order valence-corrected chi connectivity index (χ4v) is 2.94. The van der Waals surface area contributed by atoms with Gasteiger partial charge in [0, 0.05) is 38.8 Å². The molecule has 0 saturated carbocycles. The number of nitrogens with one attached hydrogen (secondary N) is 2. The monoisotopic (exact) mass is 413 g/mol. The van der Waals surface area contributed by atoms with Crippen LogP contribution in [0.4, 0.5) is 0 Å². The van der Waals surface area contributed by atoms with Gasteiger partial charge in [0.15, 0.2) is 0 Å². The Bertz CT molecular complexity index is 1090. The number of aromatic nitrogens is 4. The summed E-state index contributed by atoms with van der Waals surface area (Å²) in [5.74, 6) is 0. The van der Waals surface area contributed by atoms with E-state index in [0.717, 1.165) is 44.8 Å². The molecule has 3 aromatic heterocycles. The summed E-state index contributed by atoms with van der Waals surface area (Å²) < 4.78 is 0. The van der Waals surface area contributed by atoms with Crippen molar-refractivity contribution in [3.8, 4) is 0 Å². The second kappa shape index (κ2) is 8.45. The smallest absolute Gasteiger partial charge is 0.355 e. The van der Waals surface area contributed by atoms with Crippen molar-refractivity contribution in [1.29, 1.82) is 0 Å². The molecule has 0 aromatic carbocycles. The van der Waals surface area contributed by atoms with Crippen molar-refractivity contribution in [2.45, 2.75) is 0 Å². The van der Waals surface area contributed by atoms with E-state index in [0.29, 0.717) is 0 Å². The number of rotatable bonds is 0. The van der Waals surface area contributed by atoms with E-state index in [2.05, 4.69) is 44.2 Å². The van der Waals surface area contributed by atoms with Gasteiger partial charge in [-0.3, -0.25) is 0 Å². The molecular weight excluding hydrogens is 399 g/mol. The normalized spacial score (nSPS) is 11.1. The van der Waals surface area contributed by atoms with Gasteiger partial charge in [0.25, 0.3) is 0 Å². The third-order valence-electron chi connectivity index (χ3n) is 4.04. The first-order valence-corrected chi connectivity index (χ1v) is 8.25. The summed E-state index contributed by atoms with van der Waals surface area (Å²) in [5, 5.41) is 0. The molecule has 2 aliphatic heterocycles. The van der Waals surface area contributed by atoms with Crippen molar-refractivity contribution in [3.63, 3.8) is 0 Å². The molecule has 3 aromatic rings. The molecule has 0 fully saturated rings. The van der Waals surface area contributed by atoms with Crippen LogP contribution in [-0.4, -0.2) is 26.1 Å². The van der Waals surface area contributed by atoms with Crippen LogP contribution in [-0.2, 0) is 26.4 Å². The van der Waals surface area contributed by atoms with Gasteiger partial charge in [0.2, 0.25) is 0 Å². The molecule has 0 saturated heterocycles. The SMILES string of the molecule is C1=Cc2cc3ccc(cc4nc(cc5ccc(cc1n2)[nH]5)C=C4)[nH]3.O=C=O.[Co]. The van der Waals surface area contributed by atoms with Crippen LogP contribution in [0, 0.1) is 0 Å². The van der Waals surface area contributed by atoms with Gasteiger partial charge in [-0.2, -0.15) is 9.59 Å². The van der Waals surface area contributed by atoms with Crippen molar-refractivity contribution in [3.05, 3.63) is 71.3 Å².